The Kier molecular flexibility index (Phi) is 6.95. The van der Waals surface area contributed by atoms with E-state index >= 15 is 4.39 Å². The van der Waals surface area contributed by atoms with Crippen LogP contribution in [0.5, 0.6) is 11.9 Å². The second kappa shape index (κ2) is 10.6. The number of aromatic nitrogens is 3. The highest BCUT2D eigenvalue weighted by Gasteiger charge is 2.51. The van der Waals surface area contributed by atoms with Gasteiger partial charge in [-0.1, -0.05) is 11.6 Å². The van der Waals surface area contributed by atoms with Crippen molar-refractivity contribution in [2.75, 3.05) is 36.9 Å². The van der Waals surface area contributed by atoms with Crippen molar-refractivity contribution in [2.45, 2.75) is 81.1 Å². The number of anilines is 2. The molecule has 5 aliphatic rings. The van der Waals surface area contributed by atoms with Crippen molar-refractivity contribution in [1.82, 2.24) is 25.2 Å². The number of halogens is 8. The van der Waals surface area contributed by atoms with Gasteiger partial charge in [0, 0.05) is 37.2 Å². The van der Waals surface area contributed by atoms with E-state index in [0.29, 0.717) is 19.5 Å². The molecule has 47 heavy (non-hydrogen) atoms. The number of ether oxygens (including phenoxy) is 2. The Bertz CT molecular complexity index is 1820. The normalized spacial score (nSPS) is 30.0. The highest BCUT2D eigenvalue weighted by molar-refractivity contribution is 6.36. The first-order valence-corrected chi connectivity index (χ1v) is 15.8. The van der Waals surface area contributed by atoms with Crippen LogP contribution in [0, 0.1) is 17.5 Å². The first kappa shape index (κ1) is 30.9. The lowest BCUT2D eigenvalue weighted by molar-refractivity contribution is -0.139. The van der Waals surface area contributed by atoms with E-state index in [0.717, 1.165) is 19.3 Å². The van der Waals surface area contributed by atoms with E-state index in [1.54, 1.807) is 6.92 Å². The van der Waals surface area contributed by atoms with Crippen LogP contribution in [-0.4, -0.2) is 82.0 Å². The number of alkyl halides is 4. The number of nitrogens with zero attached hydrogens (tertiary/aromatic N) is 5. The maximum Gasteiger partial charge on any atom is 0.420 e. The van der Waals surface area contributed by atoms with Crippen LogP contribution in [0.4, 0.5) is 42.2 Å². The fourth-order valence-corrected chi connectivity index (χ4v) is 8.60. The predicted molar refractivity (Wildman–Crippen MR) is 157 cm³/mol. The van der Waals surface area contributed by atoms with Gasteiger partial charge in [-0.2, -0.15) is 23.1 Å². The zero-order valence-electron chi connectivity index (χ0n) is 24.9. The van der Waals surface area contributed by atoms with E-state index in [1.165, 1.54) is 0 Å². The molecule has 0 amide bonds. The zero-order chi connectivity index (χ0) is 33.2. The van der Waals surface area contributed by atoms with Crippen LogP contribution in [0.15, 0.2) is 0 Å². The summed E-state index contributed by atoms with van der Waals surface area (Å²) in [6, 6.07) is -0.607. The van der Waals surface area contributed by atoms with Crippen molar-refractivity contribution in [3.8, 4) is 23.1 Å². The average Bonchev–Trinajstić information content (AvgIpc) is 3.65. The number of fused-ring (bicyclic) bond motifs is 6. The van der Waals surface area contributed by atoms with E-state index in [-0.39, 0.29) is 60.8 Å². The summed E-state index contributed by atoms with van der Waals surface area (Å²) in [6.45, 7) is 3.16. The molecule has 2 aromatic heterocycles. The molecule has 2 bridgehead atoms. The average molecular weight is 688 g/mol. The lowest BCUT2D eigenvalue weighted by atomic mass is 9.95. The number of nitrogen functional groups attached to an aromatic ring is 1. The molecule has 0 spiro atoms. The summed E-state index contributed by atoms with van der Waals surface area (Å²) in [5, 5.41) is 2.44. The van der Waals surface area contributed by atoms with Gasteiger partial charge < -0.3 is 25.4 Å². The summed E-state index contributed by atoms with van der Waals surface area (Å²) < 4.78 is 116. The number of piperazine rings is 1. The minimum atomic E-state index is -5.53. The van der Waals surface area contributed by atoms with E-state index in [9.17, 15) is 26.3 Å². The van der Waals surface area contributed by atoms with Gasteiger partial charge in [0.2, 0.25) is 5.88 Å². The van der Waals surface area contributed by atoms with Crippen molar-refractivity contribution in [1.29, 1.82) is 0 Å². The van der Waals surface area contributed by atoms with E-state index < -0.39 is 74.5 Å². The lowest BCUT2D eigenvalue weighted by Gasteiger charge is -2.42. The van der Waals surface area contributed by atoms with Gasteiger partial charge in [-0.15, -0.1) is 0 Å². The molecule has 3 aromatic rings. The molecule has 9 nitrogen and oxygen atoms in total. The van der Waals surface area contributed by atoms with Crippen LogP contribution in [0.3, 0.4) is 0 Å². The van der Waals surface area contributed by atoms with Gasteiger partial charge in [-0.25, -0.2) is 22.5 Å². The van der Waals surface area contributed by atoms with Crippen molar-refractivity contribution in [2.24, 2.45) is 0 Å². The number of pyridine rings is 1. The van der Waals surface area contributed by atoms with Gasteiger partial charge in [0.1, 0.15) is 46.9 Å². The van der Waals surface area contributed by atoms with Gasteiger partial charge in [-0.05, 0) is 39.2 Å². The molecule has 6 atom stereocenters. The van der Waals surface area contributed by atoms with Gasteiger partial charge >= 0.3 is 12.2 Å². The molecule has 0 radical (unpaired) electrons. The molecule has 8 rings (SSSR count). The number of nitrogens with two attached hydrogens (primary N) is 1. The summed E-state index contributed by atoms with van der Waals surface area (Å²) in [7, 11) is 0. The molecule has 3 N–H and O–H groups in total. The Morgan fingerprint density at radius 3 is 2.66 bits per heavy atom. The van der Waals surface area contributed by atoms with Gasteiger partial charge in [0.05, 0.1) is 22.3 Å². The molecule has 252 valence electrons. The van der Waals surface area contributed by atoms with Gasteiger partial charge in [0.25, 0.3) is 0 Å². The number of nitrogens with one attached hydrogen (secondary N) is 1. The molecule has 0 unspecified atom stereocenters. The maximum atomic E-state index is 16.8. The summed E-state index contributed by atoms with van der Waals surface area (Å²) >= 11 is 6.11. The molecule has 7 heterocycles. The summed E-state index contributed by atoms with van der Waals surface area (Å²) in [4.78, 5) is 17.1. The minimum Gasteiger partial charge on any atom is -0.472 e. The second-order valence-electron chi connectivity index (χ2n) is 13.1. The zero-order valence-corrected chi connectivity index (χ0v) is 25.7. The molecule has 5 aliphatic heterocycles. The predicted octanol–water partition coefficient (Wildman–Crippen LogP) is 5.41. The molecular formula is C30H29ClF7N7O2. The smallest absolute Gasteiger partial charge is 0.420 e. The SMILES string of the molecule is C[C@@H]1Oc2nc(-c3c(Cl)c(N)c(F)c(F)c3C(F)(F)F)c(F)c3nc(OC[C@@]45CCCN4C[C@H](F)C5)nc(c23)N2C[C@H]3CC[C@H](N3)[C@@H]12. The van der Waals surface area contributed by atoms with Crippen LogP contribution in [0.1, 0.15) is 44.6 Å². The summed E-state index contributed by atoms with van der Waals surface area (Å²) in [5.74, 6) is -5.93. The molecule has 1 aromatic carbocycles. The van der Waals surface area contributed by atoms with E-state index in [4.69, 9.17) is 26.8 Å². The van der Waals surface area contributed by atoms with Crippen LogP contribution >= 0.6 is 11.6 Å². The minimum absolute atomic E-state index is 0.00230. The van der Waals surface area contributed by atoms with Crippen LogP contribution in [0.2, 0.25) is 5.02 Å². The Morgan fingerprint density at radius 2 is 1.89 bits per heavy atom. The van der Waals surface area contributed by atoms with Crippen LogP contribution in [-0.2, 0) is 6.18 Å². The maximum absolute atomic E-state index is 16.8. The molecule has 4 saturated heterocycles. The lowest BCUT2D eigenvalue weighted by Crippen LogP contribution is -2.62. The standard InChI is InChI=1S/C30H29ClF7N7O2/c1-11-25-14-4-3-13(40-14)9-45(25)26-16-24(42-28(43-26)46-10-29-5-2-6-44(29)8-12(32)7-29)21(35)23(41-27(16)47-11)15-17(30(36,37)38)19(33)20(34)22(39)18(15)31/h11-14,25,40H,2-10,39H2,1H3/t11-,12+,13+,14-,25+,29-/m0/s1. The van der Waals surface area contributed by atoms with Crippen molar-refractivity contribution >= 4 is 34.0 Å². The number of rotatable bonds is 4. The highest BCUT2D eigenvalue weighted by Crippen LogP contribution is 2.50. The highest BCUT2D eigenvalue weighted by atomic mass is 35.5. The van der Waals surface area contributed by atoms with Gasteiger partial charge in [-0.3, -0.25) is 4.90 Å². The molecule has 0 saturated carbocycles. The third kappa shape index (κ3) is 4.60. The Balaban J connectivity index is 1.35. The Labute approximate surface area is 268 Å². The number of hydrogen-bond acceptors (Lipinski definition) is 9. The largest absolute Gasteiger partial charge is 0.472 e. The first-order chi connectivity index (χ1) is 22.3. The van der Waals surface area contributed by atoms with Crippen LogP contribution in [0.25, 0.3) is 22.2 Å². The fraction of sp³-hybridized carbons (Fsp3) is 0.567. The second-order valence-corrected chi connectivity index (χ2v) is 13.5. The summed E-state index contributed by atoms with van der Waals surface area (Å²) in [6.07, 6.45) is -3.77. The first-order valence-electron chi connectivity index (χ1n) is 15.4. The quantitative estimate of drug-likeness (QED) is 0.212. The fourth-order valence-electron chi connectivity index (χ4n) is 8.34. The molecule has 4 fully saturated rings. The molecule has 0 aliphatic carbocycles. The molecule has 17 heteroatoms. The van der Waals surface area contributed by atoms with E-state index in [2.05, 4.69) is 20.3 Å². The van der Waals surface area contributed by atoms with Crippen LogP contribution < -0.4 is 25.4 Å². The van der Waals surface area contributed by atoms with Crippen molar-refractivity contribution in [3.63, 3.8) is 0 Å². The third-order valence-corrected chi connectivity index (χ3v) is 10.7. The summed E-state index contributed by atoms with van der Waals surface area (Å²) in [5.41, 5.74) is -1.29. The van der Waals surface area contributed by atoms with E-state index in [1.807, 2.05) is 9.80 Å². The topological polar surface area (TPSA) is 102 Å². The monoisotopic (exact) mass is 687 g/mol. The number of hydrogen-bond donors (Lipinski definition) is 2. The van der Waals surface area contributed by atoms with Crippen molar-refractivity contribution in [3.05, 3.63) is 28.0 Å². The Hall–Kier alpha value is -3.37. The third-order valence-electron chi connectivity index (χ3n) is 10.3. The van der Waals surface area contributed by atoms with Crippen molar-refractivity contribution < 1.29 is 40.2 Å². The Morgan fingerprint density at radius 1 is 1.11 bits per heavy atom. The number of benzene rings is 1. The van der Waals surface area contributed by atoms with Gasteiger partial charge in [0.15, 0.2) is 17.5 Å². The molecular weight excluding hydrogens is 659 g/mol.